The quantitative estimate of drug-likeness (QED) is 0.445. The van der Waals surface area contributed by atoms with Crippen molar-refractivity contribution in [3.05, 3.63) is 32.7 Å². The number of thiophene rings is 1. The Balaban J connectivity index is 2.71. The molecule has 0 N–H and O–H groups in total. The van der Waals surface area contributed by atoms with Gasteiger partial charge < -0.3 is 9.47 Å². The molecule has 6 nitrogen and oxygen atoms in total. The molecule has 0 saturated carbocycles. The first-order valence-corrected chi connectivity index (χ1v) is 8.28. The maximum Gasteiger partial charge on any atom is 0.352 e. The summed E-state index contributed by atoms with van der Waals surface area (Å²) in [7, 11) is 0. The molecular weight excluding hydrogens is 318 g/mol. The standard InChI is InChI=1S/C16H19NO5S/c1-5-10-7-13-11(8-12(10)17(19)20)14(22-9(3)4)15(23-13)16(18)21-6-2/h7-9H,5-6H2,1-4H3. The van der Waals surface area contributed by atoms with Crippen LogP contribution in [-0.4, -0.2) is 23.6 Å². The van der Waals surface area contributed by atoms with Crippen LogP contribution in [0.2, 0.25) is 0 Å². The minimum Gasteiger partial charge on any atom is -0.489 e. The van der Waals surface area contributed by atoms with Gasteiger partial charge >= 0.3 is 5.97 Å². The third kappa shape index (κ3) is 3.44. The highest BCUT2D eigenvalue weighted by atomic mass is 32.1. The molecule has 0 aliphatic heterocycles. The Morgan fingerprint density at radius 1 is 1.35 bits per heavy atom. The number of fused-ring (bicyclic) bond motifs is 1. The van der Waals surface area contributed by atoms with Crippen LogP contribution in [0, 0.1) is 10.1 Å². The van der Waals surface area contributed by atoms with Gasteiger partial charge in [-0.2, -0.15) is 0 Å². The van der Waals surface area contributed by atoms with Crippen molar-refractivity contribution in [2.24, 2.45) is 0 Å². The molecule has 0 radical (unpaired) electrons. The third-order valence-corrected chi connectivity index (χ3v) is 4.35. The fraction of sp³-hybridized carbons (Fsp3) is 0.438. The Hall–Kier alpha value is -2.15. The highest BCUT2D eigenvalue weighted by Crippen LogP contribution is 2.42. The van der Waals surface area contributed by atoms with Gasteiger partial charge in [0.2, 0.25) is 0 Å². The highest BCUT2D eigenvalue weighted by molar-refractivity contribution is 7.21. The average molecular weight is 337 g/mol. The van der Waals surface area contributed by atoms with Crippen LogP contribution in [-0.2, 0) is 11.2 Å². The lowest BCUT2D eigenvalue weighted by atomic mass is 10.1. The molecule has 0 aliphatic rings. The van der Waals surface area contributed by atoms with Crippen LogP contribution in [0.15, 0.2) is 12.1 Å². The SMILES string of the molecule is CCOC(=O)c1sc2cc(CC)c([N+](=O)[O-])cc2c1OC(C)C. The number of hydrogen-bond donors (Lipinski definition) is 0. The Kier molecular flexibility index (Phi) is 5.20. The topological polar surface area (TPSA) is 78.7 Å². The number of hydrogen-bond acceptors (Lipinski definition) is 6. The second-order valence-electron chi connectivity index (χ2n) is 5.24. The van der Waals surface area contributed by atoms with E-state index in [9.17, 15) is 14.9 Å². The van der Waals surface area contributed by atoms with Crippen molar-refractivity contribution in [3.8, 4) is 5.75 Å². The predicted molar refractivity (Wildman–Crippen MR) is 89.6 cm³/mol. The summed E-state index contributed by atoms with van der Waals surface area (Å²) in [6.07, 6.45) is 0.380. The molecular formula is C16H19NO5S. The number of ether oxygens (including phenoxy) is 2. The summed E-state index contributed by atoms with van der Waals surface area (Å²) in [6, 6.07) is 3.25. The summed E-state index contributed by atoms with van der Waals surface area (Å²) in [4.78, 5) is 23.4. The Morgan fingerprint density at radius 3 is 2.57 bits per heavy atom. The molecule has 0 bridgehead atoms. The zero-order valence-corrected chi connectivity index (χ0v) is 14.4. The van der Waals surface area contributed by atoms with Crippen LogP contribution < -0.4 is 4.74 Å². The first-order chi connectivity index (χ1) is 10.9. The summed E-state index contributed by atoms with van der Waals surface area (Å²) in [6.45, 7) is 7.53. The minimum atomic E-state index is -0.468. The second kappa shape index (κ2) is 6.95. The van der Waals surface area contributed by atoms with Gasteiger partial charge in [-0.1, -0.05) is 6.92 Å². The summed E-state index contributed by atoms with van der Waals surface area (Å²) in [5.74, 6) is -0.103. The zero-order chi connectivity index (χ0) is 17.1. The molecule has 0 fully saturated rings. The van der Waals surface area contributed by atoms with Crippen molar-refractivity contribution in [1.82, 2.24) is 0 Å². The second-order valence-corrected chi connectivity index (χ2v) is 6.29. The van der Waals surface area contributed by atoms with E-state index in [0.717, 1.165) is 4.70 Å². The van der Waals surface area contributed by atoms with Crippen molar-refractivity contribution in [2.75, 3.05) is 6.61 Å². The van der Waals surface area contributed by atoms with E-state index < -0.39 is 10.9 Å². The predicted octanol–water partition coefficient (Wildman–Crippen LogP) is 4.34. The first-order valence-electron chi connectivity index (χ1n) is 7.46. The minimum absolute atomic E-state index is 0.0433. The Bertz CT molecular complexity index is 750. The van der Waals surface area contributed by atoms with E-state index in [2.05, 4.69) is 0 Å². The number of nitro groups is 1. The lowest BCUT2D eigenvalue weighted by molar-refractivity contribution is -0.385. The molecule has 124 valence electrons. The molecule has 2 aromatic rings. The monoisotopic (exact) mass is 337 g/mol. The number of carbonyl (C=O) groups excluding carboxylic acids is 1. The van der Waals surface area contributed by atoms with Crippen molar-refractivity contribution >= 4 is 33.1 Å². The van der Waals surface area contributed by atoms with Gasteiger partial charge in [-0.15, -0.1) is 11.3 Å². The van der Waals surface area contributed by atoms with Crippen molar-refractivity contribution in [1.29, 1.82) is 0 Å². The van der Waals surface area contributed by atoms with E-state index in [1.165, 1.54) is 17.4 Å². The van der Waals surface area contributed by atoms with Crippen LogP contribution in [0.4, 0.5) is 5.69 Å². The molecule has 0 saturated heterocycles. The normalized spacial score (nSPS) is 11.0. The molecule has 0 spiro atoms. The van der Waals surface area contributed by atoms with Crippen LogP contribution >= 0.6 is 11.3 Å². The molecule has 2 rings (SSSR count). The molecule has 0 unspecified atom stereocenters. The van der Waals surface area contributed by atoms with E-state index in [-0.39, 0.29) is 18.4 Å². The number of esters is 1. The van der Waals surface area contributed by atoms with Crippen LogP contribution in [0.5, 0.6) is 5.75 Å². The molecule has 23 heavy (non-hydrogen) atoms. The highest BCUT2D eigenvalue weighted by Gasteiger charge is 2.25. The number of nitro benzene ring substituents is 1. The zero-order valence-electron chi connectivity index (χ0n) is 13.5. The summed E-state index contributed by atoms with van der Waals surface area (Å²) < 4.78 is 11.6. The maximum atomic E-state index is 12.2. The van der Waals surface area contributed by atoms with Gasteiger partial charge in [0.25, 0.3) is 5.69 Å². The fourth-order valence-corrected chi connectivity index (χ4v) is 3.36. The van der Waals surface area contributed by atoms with Gasteiger partial charge in [0, 0.05) is 21.7 Å². The number of aryl methyl sites for hydroxylation is 1. The molecule has 1 aromatic carbocycles. The van der Waals surface area contributed by atoms with Gasteiger partial charge in [-0.3, -0.25) is 10.1 Å². The van der Waals surface area contributed by atoms with Crippen LogP contribution in [0.25, 0.3) is 10.1 Å². The van der Waals surface area contributed by atoms with Crippen molar-refractivity contribution in [2.45, 2.75) is 40.2 Å². The van der Waals surface area contributed by atoms with Gasteiger partial charge in [-0.25, -0.2) is 4.79 Å². The van der Waals surface area contributed by atoms with E-state index >= 15 is 0 Å². The lowest BCUT2D eigenvalue weighted by Gasteiger charge is -2.11. The van der Waals surface area contributed by atoms with Gasteiger partial charge in [0.15, 0.2) is 10.6 Å². The third-order valence-electron chi connectivity index (χ3n) is 3.24. The smallest absolute Gasteiger partial charge is 0.352 e. The van der Waals surface area contributed by atoms with E-state index in [1.54, 1.807) is 13.0 Å². The Labute approximate surface area is 138 Å². The summed E-state index contributed by atoms with van der Waals surface area (Å²) >= 11 is 1.24. The molecule has 1 heterocycles. The van der Waals surface area contributed by atoms with Gasteiger partial charge in [0.1, 0.15) is 0 Å². The van der Waals surface area contributed by atoms with Gasteiger partial charge in [-0.05, 0) is 33.3 Å². The number of rotatable bonds is 6. The number of nitrogens with zero attached hydrogens (tertiary/aromatic N) is 1. The van der Waals surface area contributed by atoms with E-state index in [4.69, 9.17) is 9.47 Å². The summed E-state index contributed by atoms with van der Waals surface area (Å²) in [5, 5.41) is 11.9. The van der Waals surface area contributed by atoms with Crippen LogP contribution in [0.1, 0.15) is 42.9 Å². The van der Waals surface area contributed by atoms with Crippen molar-refractivity contribution in [3.63, 3.8) is 0 Å². The molecule has 0 aliphatic carbocycles. The van der Waals surface area contributed by atoms with Crippen molar-refractivity contribution < 1.29 is 19.2 Å². The summed E-state index contributed by atoms with van der Waals surface area (Å²) in [5.41, 5.74) is 0.678. The molecule has 1 aromatic heterocycles. The lowest BCUT2D eigenvalue weighted by Crippen LogP contribution is -2.10. The van der Waals surface area contributed by atoms with Gasteiger partial charge in [0.05, 0.1) is 17.6 Å². The van der Waals surface area contributed by atoms with Crippen LogP contribution in [0.3, 0.4) is 0 Å². The van der Waals surface area contributed by atoms with E-state index in [0.29, 0.717) is 28.0 Å². The number of benzene rings is 1. The fourth-order valence-electron chi connectivity index (χ4n) is 2.29. The number of carbonyl (C=O) groups is 1. The molecule has 0 amide bonds. The first kappa shape index (κ1) is 17.2. The largest absolute Gasteiger partial charge is 0.489 e. The molecule has 7 heteroatoms. The molecule has 0 atom stereocenters. The Morgan fingerprint density at radius 2 is 2.04 bits per heavy atom. The average Bonchev–Trinajstić information content (AvgIpc) is 2.83. The maximum absolute atomic E-state index is 12.2. The van der Waals surface area contributed by atoms with E-state index in [1.807, 2.05) is 20.8 Å².